The van der Waals surface area contributed by atoms with E-state index in [0.29, 0.717) is 17.8 Å². The lowest BCUT2D eigenvalue weighted by Crippen LogP contribution is -2.47. The summed E-state index contributed by atoms with van der Waals surface area (Å²) in [4.78, 5) is 0. The summed E-state index contributed by atoms with van der Waals surface area (Å²) in [7, 11) is -3.87. The molecule has 0 aromatic rings. The maximum Gasteiger partial charge on any atom is 0.192 e. The number of unbranched alkanes of at least 4 members (excludes halogenated alkanes) is 1. The molecule has 216 valence electrons. The zero-order valence-electron chi connectivity index (χ0n) is 26.5. The maximum atomic E-state index is 10.1. The molecule has 1 aliphatic heterocycles. The van der Waals surface area contributed by atoms with Crippen LogP contribution in [0, 0.1) is 23.2 Å². The quantitative estimate of drug-likeness (QED) is 0.159. The minimum absolute atomic E-state index is 0.0725. The Morgan fingerprint density at radius 1 is 0.973 bits per heavy atom. The fourth-order valence-corrected chi connectivity index (χ4v) is 8.90. The van der Waals surface area contributed by atoms with Crippen LogP contribution in [0.3, 0.4) is 0 Å². The van der Waals surface area contributed by atoms with Crippen LogP contribution in [-0.2, 0) is 13.6 Å². The van der Waals surface area contributed by atoms with Crippen molar-refractivity contribution in [1.29, 1.82) is 0 Å². The Kier molecular flexibility index (Phi) is 8.90. The average Bonchev–Trinajstić information content (AvgIpc) is 3.25. The molecule has 37 heavy (non-hydrogen) atoms. The first-order valence-corrected chi connectivity index (χ1v) is 20.9. The zero-order chi connectivity index (χ0) is 28.2. The molecule has 0 aromatic carbocycles. The highest BCUT2D eigenvalue weighted by molar-refractivity contribution is 6.74. The van der Waals surface area contributed by atoms with Gasteiger partial charge in [-0.05, 0) is 72.8 Å². The molecular weight excluding hydrogens is 493 g/mol. The van der Waals surface area contributed by atoms with Crippen molar-refractivity contribution in [2.45, 2.75) is 155 Å². The Hall–Kier alpha value is 0.0138. The summed E-state index contributed by atoms with van der Waals surface area (Å²) in [6.45, 7) is 30.7. The summed E-state index contributed by atoms with van der Waals surface area (Å²) in [6.07, 6.45) is 11.0. The van der Waals surface area contributed by atoms with E-state index in [9.17, 15) is 5.11 Å². The van der Waals surface area contributed by atoms with Crippen molar-refractivity contribution in [3.05, 3.63) is 12.2 Å². The first-order valence-electron chi connectivity index (χ1n) is 15.0. The number of hydrogen-bond acceptors (Lipinski definition) is 4. The Balaban J connectivity index is 1.92. The van der Waals surface area contributed by atoms with Gasteiger partial charge in [0.05, 0.1) is 24.9 Å². The van der Waals surface area contributed by atoms with E-state index in [1.54, 1.807) is 0 Å². The van der Waals surface area contributed by atoms with Gasteiger partial charge in [0.15, 0.2) is 16.6 Å². The van der Waals surface area contributed by atoms with Crippen LogP contribution in [0.5, 0.6) is 0 Å². The third-order valence-electron chi connectivity index (χ3n) is 11.0. The molecule has 3 aliphatic rings. The molecule has 1 N–H and O–H groups in total. The summed E-state index contributed by atoms with van der Waals surface area (Å²) in [5.41, 5.74) is -0.204. The lowest BCUT2D eigenvalue weighted by molar-refractivity contribution is 0.0868. The zero-order valence-corrected chi connectivity index (χ0v) is 28.5. The van der Waals surface area contributed by atoms with Crippen molar-refractivity contribution in [3.8, 4) is 0 Å². The van der Waals surface area contributed by atoms with Gasteiger partial charge in [-0.3, -0.25) is 0 Å². The second kappa shape index (κ2) is 10.4. The third-order valence-corrected chi connectivity index (χ3v) is 19.9. The van der Waals surface area contributed by atoms with E-state index in [-0.39, 0.29) is 46.0 Å². The summed E-state index contributed by atoms with van der Waals surface area (Å²) >= 11 is 0. The number of aliphatic hydroxyl groups excluding tert-OH is 1. The number of aliphatic hydroxyl groups is 1. The number of ether oxygens (including phenoxy) is 1. The van der Waals surface area contributed by atoms with Gasteiger partial charge in [-0.1, -0.05) is 87.3 Å². The summed E-state index contributed by atoms with van der Waals surface area (Å²) < 4.78 is 20.4. The molecule has 3 unspecified atom stereocenters. The molecule has 2 saturated carbocycles. The van der Waals surface area contributed by atoms with Crippen molar-refractivity contribution >= 4 is 16.6 Å². The number of fused-ring (bicyclic) bond motifs is 3. The minimum atomic E-state index is -1.95. The number of epoxide rings is 1. The van der Waals surface area contributed by atoms with E-state index in [1.165, 1.54) is 12.8 Å². The van der Waals surface area contributed by atoms with Crippen LogP contribution >= 0.6 is 0 Å². The standard InChI is InChI=1S/C31H60O4Si2/c1-14-15-18-30(8,9)26(35-37(12,13)29(5,6)7)17-16-22-24-20-31(21-32)27(33-31)23(24)19-25(22)34-36(10,11)28(2,3)4/h16-17,22-27,32H,14-15,18-21H2,1-13H3/t22-,23-,24+,25+,26?,27?,31?/m0/s1. The molecule has 4 nitrogen and oxygen atoms in total. The van der Waals surface area contributed by atoms with Crippen LogP contribution in [-0.4, -0.2) is 52.3 Å². The van der Waals surface area contributed by atoms with Gasteiger partial charge in [0.2, 0.25) is 0 Å². The highest BCUT2D eigenvalue weighted by Gasteiger charge is 2.71. The highest BCUT2D eigenvalue weighted by atomic mass is 28.4. The van der Waals surface area contributed by atoms with E-state index in [2.05, 4.69) is 101 Å². The smallest absolute Gasteiger partial charge is 0.192 e. The molecule has 0 spiro atoms. The van der Waals surface area contributed by atoms with E-state index >= 15 is 0 Å². The van der Waals surface area contributed by atoms with Crippen molar-refractivity contribution in [1.82, 2.24) is 0 Å². The fraction of sp³-hybridized carbons (Fsp3) is 0.935. The molecule has 6 heteroatoms. The molecule has 2 aliphatic carbocycles. The molecule has 3 fully saturated rings. The summed E-state index contributed by atoms with van der Waals surface area (Å²) in [5.74, 6) is 1.36. The summed E-state index contributed by atoms with van der Waals surface area (Å²) in [6, 6.07) is 0. The molecule has 1 heterocycles. The van der Waals surface area contributed by atoms with Crippen LogP contribution < -0.4 is 0 Å². The van der Waals surface area contributed by atoms with Gasteiger partial charge < -0.3 is 18.7 Å². The van der Waals surface area contributed by atoms with Crippen LogP contribution in [0.1, 0.15) is 94.4 Å². The second-order valence-corrected chi connectivity index (χ2v) is 25.8. The van der Waals surface area contributed by atoms with Gasteiger partial charge in [0.25, 0.3) is 0 Å². The van der Waals surface area contributed by atoms with Crippen molar-refractivity contribution in [2.24, 2.45) is 23.2 Å². The van der Waals surface area contributed by atoms with Gasteiger partial charge in [-0.25, -0.2) is 0 Å². The van der Waals surface area contributed by atoms with Gasteiger partial charge >= 0.3 is 0 Å². The lowest BCUT2D eigenvalue weighted by Gasteiger charge is -2.44. The second-order valence-electron chi connectivity index (χ2n) is 16.3. The number of hydrogen-bond donors (Lipinski definition) is 1. The fourth-order valence-electron chi connectivity index (χ4n) is 6.15. The lowest BCUT2D eigenvalue weighted by atomic mass is 9.80. The first kappa shape index (κ1) is 31.5. The average molecular weight is 553 g/mol. The van der Waals surface area contributed by atoms with Crippen molar-refractivity contribution in [3.63, 3.8) is 0 Å². The minimum Gasteiger partial charge on any atom is -0.413 e. The van der Waals surface area contributed by atoms with Gasteiger partial charge in [0, 0.05) is 5.92 Å². The summed E-state index contributed by atoms with van der Waals surface area (Å²) in [5, 5.41) is 10.4. The third kappa shape index (κ3) is 6.35. The molecule has 0 radical (unpaired) electrons. The van der Waals surface area contributed by atoms with E-state index < -0.39 is 16.6 Å². The molecule has 0 aromatic heterocycles. The molecule has 3 rings (SSSR count). The molecular formula is C31H60O4Si2. The van der Waals surface area contributed by atoms with Crippen molar-refractivity contribution < 1.29 is 18.7 Å². The van der Waals surface area contributed by atoms with E-state index in [0.717, 1.165) is 19.3 Å². The maximum absolute atomic E-state index is 10.1. The van der Waals surface area contributed by atoms with E-state index in [4.69, 9.17) is 13.6 Å². The van der Waals surface area contributed by atoms with Crippen LogP contribution in [0.2, 0.25) is 36.3 Å². The van der Waals surface area contributed by atoms with Gasteiger partial charge in [0.1, 0.15) is 5.60 Å². The van der Waals surface area contributed by atoms with Crippen LogP contribution in [0.4, 0.5) is 0 Å². The largest absolute Gasteiger partial charge is 0.413 e. The molecule has 0 amide bonds. The Morgan fingerprint density at radius 3 is 2.08 bits per heavy atom. The number of rotatable bonds is 11. The topological polar surface area (TPSA) is 51.2 Å². The van der Waals surface area contributed by atoms with Gasteiger partial charge in [-0.15, -0.1) is 0 Å². The monoisotopic (exact) mass is 552 g/mol. The Morgan fingerprint density at radius 2 is 1.57 bits per heavy atom. The van der Waals surface area contributed by atoms with E-state index in [1.807, 2.05) is 0 Å². The van der Waals surface area contributed by atoms with Crippen LogP contribution in [0.15, 0.2) is 12.2 Å². The molecule has 0 bridgehead atoms. The predicted octanol–water partition coefficient (Wildman–Crippen LogP) is 8.33. The van der Waals surface area contributed by atoms with Crippen molar-refractivity contribution in [2.75, 3.05) is 6.61 Å². The first-order chi connectivity index (χ1) is 16.7. The molecule has 1 saturated heterocycles. The normalized spacial score (nSPS) is 33.6. The highest BCUT2D eigenvalue weighted by Crippen LogP contribution is 2.63. The SMILES string of the molecule is CCCCC(C)(C)C(C=C[C@H]1[C@H]2CC3(CO)OC3[C@H]2C[C@H]1O[Si](C)(C)C(C)(C)C)O[Si](C)(C)C(C)(C)C. The Labute approximate surface area is 231 Å². The Bertz CT molecular complexity index is 822. The molecule has 7 atom stereocenters. The van der Waals surface area contributed by atoms with Crippen LogP contribution in [0.25, 0.3) is 0 Å². The predicted molar refractivity (Wildman–Crippen MR) is 161 cm³/mol. The van der Waals surface area contributed by atoms with Gasteiger partial charge in [-0.2, -0.15) is 0 Å².